The first-order valence-electron chi connectivity index (χ1n) is 5.40. The fraction of sp³-hybridized carbons (Fsp3) is 0.167. The number of benzene rings is 1. The first kappa shape index (κ1) is 15.5. The monoisotopic (exact) mass is 345 g/mol. The van der Waals surface area contributed by atoms with Crippen molar-refractivity contribution < 1.29 is 9.59 Å². The maximum Gasteiger partial charge on any atom is 0.319 e. The third kappa shape index (κ3) is 5.76. The maximum absolute atomic E-state index is 11.5. The molecule has 0 aromatic heterocycles. The van der Waals surface area contributed by atoms with Crippen LogP contribution < -0.4 is 16.0 Å². The second-order valence-corrected chi connectivity index (χ2v) is 4.79. The molecule has 0 saturated carbocycles. The summed E-state index contributed by atoms with van der Waals surface area (Å²) in [6.07, 6.45) is 1.56. The van der Waals surface area contributed by atoms with E-state index < -0.39 is 6.03 Å². The van der Waals surface area contributed by atoms with Gasteiger partial charge in [0.25, 0.3) is 0 Å². The molecule has 0 saturated heterocycles. The third-order valence-electron chi connectivity index (χ3n) is 2.03. The summed E-state index contributed by atoms with van der Waals surface area (Å²) in [6, 6.07) is 4.53. The molecule has 0 unspecified atom stereocenters. The summed E-state index contributed by atoms with van der Waals surface area (Å²) < 4.78 is 0.740. The number of nitrogens with one attached hydrogen (secondary N) is 3. The van der Waals surface area contributed by atoms with Crippen LogP contribution in [0.25, 0.3) is 0 Å². The fourth-order valence-corrected chi connectivity index (χ4v) is 1.59. The van der Waals surface area contributed by atoms with Gasteiger partial charge in [-0.2, -0.15) is 0 Å². The van der Waals surface area contributed by atoms with Gasteiger partial charge in [-0.25, -0.2) is 4.79 Å². The van der Waals surface area contributed by atoms with Gasteiger partial charge in [-0.3, -0.25) is 4.79 Å². The lowest BCUT2D eigenvalue weighted by Gasteiger charge is -2.08. The summed E-state index contributed by atoms with van der Waals surface area (Å²) in [5.41, 5.74) is 0.539. The van der Waals surface area contributed by atoms with Crippen molar-refractivity contribution in [1.29, 1.82) is 0 Å². The Morgan fingerprint density at radius 2 is 2.11 bits per heavy atom. The Kier molecular flexibility index (Phi) is 6.38. The number of rotatable bonds is 5. The van der Waals surface area contributed by atoms with E-state index >= 15 is 0 Å². The SMILES string of the molecule is C=CCNC(=O)CNC(=O)Nc1ccc(Br)c(Cl)c1. The fourth-order valence-electron chi connectivity index (χ4n) is 1.16. The highest BCUT2D eigenvalue weighted by molar-refractivity contribution is 9.10. The molecular formula is C12H13BrClN3O2. The second-order valence-electron chi connectivity index (χ2n) is 3.53. The standard InChI is InChI=1S/C12H13BrClN3O2/c1-2-5-15-11(18)7-16-12(19)17-8-3-4-9(13)10(14)6-8/h2-4,6H,1,5,7H2,(H,15,18)(H2,16,17,19). The van der Waals surface area contributed by atoms with Crippen LogP contribution in [0.2, 0.25) is 5.02 Å². The Morgan fingerprint density at radius 1 is 1.37 bits per heavy atom. The van der Waals surface area contributed by atoms with Crippen LogP contribution in [0.5, 0.6) is 0 Å². The molecule has 19 heavy (non-hydrogen) atoms. The van der Waals surface area contributed by atoms with E-state index in [1.807, 2.05) is 0 Å². The van der Waals surface area contributed by atoms with Crippen LogP contribution in [0, 0.1) is 0 Å². The number of urea groups is 1. The van der Waals surface area contributed by atoms with Crippen molar-refractivity contribution in [3.05, 3.63) is 40.3 Å². The Bertz CT molecular complexity index is 494. The topological polar surface area (TPSA) is 70.2 Å². The van der Waals surface area contributed by atoms with E-state index in [0.717, 1.165) is 4.47 Å². The lowest BCUT2D eigenvalue weighted by atomic mass is 10.3. The van der Waals surface area contributed by atoms with Gasteiger partial charge in [0.1, 0.15) is 0 Å². The van der Waals surface area contributed by atoms with Crippen molar-refractivity contribution in [3.63, 3.8) is 0 Å². The highest BCUT2D eigenvalue weighted by Crippen LogP contribution is 2.25. The van der Waals surface area contributed by atoms with E-state index in [1.54, 1.807) is 24.3 Å². The molecule has 7 heteroatoms. The predicted molar refractivity (Wildman–Crippen MR) is 79.4 cm³/mol. The van der Waals surface area contributed by atoms with E-state index in [9.17, 15) is 9.59 Å². The van der Waals surface area contributed by atoms with Gasteiger partial charge in [-0.1, -0.05) is 17.7 Å². The molecule has 1 rings (SSSR count). The van der Waals surface area contributed by atoms with Gasteiger partial charge in [0.2, 0.25) is 5.91 Å². The smallest absolute Gasteiger partial charge is 0.319 e. The van der Waals surface area contributed by atoms with Gasteiger partial charge < -0.3 is 16.0 Å². The number of halogens is 2. The third-order valence-corrected chi connectivity index (χ3v) is 3.26. The van der Waals surface area contributed by atoms with E-state index in [4.69, 9.17) is 11.6 Å². The number of hydrogen-bond acceptors (Lipinski definition) is 2. The molecule has 5 nitrogen and oxygen atoms in total. The summed E-state index contributed by atoms with van der Waals surface area (Å²) in [5.74, 6) is -0.288. The van der Waals surface area contributed by atoms with Gasteiger partial charge in [0.15, 0.2) is 0 Å². The summed E-state index contributed by atoms with van der Waals surface area (Å²) in [4.78, 5) is 22.7. The number of hydrogen-bond donors (Lipinski definition) is 3. The molecule has 0 spiro atoms. The molecule has 102 valence electrons. The van der Waals surface area contributed by atoms with Crippen molar-refractivity contribution in [3.8, 4) is 0 Å². The molecule has 0 bridgehead atoms. The average molecular weight is 347 g/mol. The normalized spacial score (nSPS) is 9.58. The first-order valence-corrected chi connectivity index (χ1v) is 6.57. The van der Waals surface area contributed by atoms with Crippen molar-refractivity contribution in [2.45, 2.75) is 0 Å². The van der Waals surface area contributed by atoms with Crippen molar-refractivity contribution >= 4 is 45.2 Å². The molecule has 0 aliphatic rings. The van der Waals surface area contributed by atoms with Crippen LogP contribution in [0.4, 0.5) is 10.5 Å². The Balaban J connectivity index is 2.40. The molecule has 0 aliphatic carbocycles. The minimum Gasteiger partial charge on any atom is -0.351 e. The second kappa shape index (κ2) is 7.81. The minimum absolute atomic E-state index is 0.107. The van der Waals surface area contributed by atoms with Crippen molar-refractivity contribution in [2.24, 2.45) is 0 Å². The lowest BCUT2D eigenvalue weighted by Crippen LogP contribution is -2.38. The zero-order chi connectivity index (χ0) is 14.3. The zero-order valence-electron chi connectivity index (χ0n) is 10.0. The molecule has 0 aliphatic heterocycles. The average Bonchev–Trinajstić information content (AvgIpc) is 2.38. The molecular weight excluding hydrogens is 334 g/mol. The van der Waals surface area contributed by atoms with E-state index in [-0.39, 0.29) is 12.5 Å². The molecule has 0 radical (unpaired) electrons. The highest BCUT2D eigenvalue weighted by atomic mass is 79.9. The molecule has 3 amide bonds. The van der Waals surface area contributed by atoms with Gasteiger partial charge in [0.05, 0.1) is 11.6 Å². The lowest BCUT2D eigenvalue weighted by molar-refractivity contribution is -0.119. The first-order chi connectivity index (χ1) is 9.02. The van der Waals surface area contributed by atoms with Gasteiger partial charge >= 0.3 is 6.03 Å². The number of carbonyl (C=O) groups excluding carboxylic acids is 2. The van der Waals surface area contributed by atoms with Crippen LogP contribution in [-0.2, 0) is 4.79 Å². The summed E-state index contributed by atoms with van der Waals surface area (Å²) in [6.45, 7) is 3.73. The molecule has 1 aromatic carbocycles. The van der Waals surface area contributed by atoms with Gasteiger partial charge in [-0.15, -0.1) is 6.58 Å². The summed E-state index contributed by atoms with van der Waals surface area (Å²) in [7, 11) is 0. The number of carbonyl (C=O) groups is 2. The maximum atomic E-state index is 11.5. The number of amides is 3. The zero-order valence-corrected chi connectivity index (χ0v) is 12.3. The van der Waals surface area contributed by atoms with Crippen molar-refractivity contribution in [2.75, 3.05) is 18.4 Å². The Labute approximate surface area is 124 Å². The Hall–Kier alpha value is -1.53. The van der Waals surface area contributed by atoms with Crippen LogP contribution in [0.1, 0.15) is 0 Å². The summed E-state index contributed by atoms with van der Waals surface area (Å²) in [5, 5.41) is 8.02. The van der Waals surface area contributed by atoms with Crippen molar-refractivity contribution in [1.82, 2.24) is 10.6 Å². The quantitative estimate of drug-likeness (QED) is 0.717. The predicted octanol–water partition coefficient (Wildman–Crippen LogP) is 2.53. The largest absolute Gasteiger partial charge is 0.351 e. The summed E-state index contributed by atoms with van der Waals surface area (Å²) >= 11 is 9.14. The van der Waals surface area contributed by atoms with Gasteiger partial charge in [0, 0.05) is 16.7 Å². The van der Waals surface area contributed by atoms with Crippen LogP contribution >= 0.6 is 27.5 Å². The Morgan fingerprint density at radius 3 is 2.74 bits per heavy atom. The highest BCUT2D eigenvalue weighted by Gasteiger charge is 2.06. The molecule has 0 atom stereocenters. The minimum atomic E-state index is -0.479. The van der Waals surface area contributed by atoms with Crippen LogP contribution in [-0.4, -0.2) is 25.0 Å². The van der Waals surface area contributed by atoms with Gasteiger partial charge in [-0.05, 0) is 34.1 Å². The van der Waals surface area contributed by atoms with E-state index in [1.165, 1.54) is 0 Å². The molecule has 0 heterocycles. The molecule has 1 aromatic rings. The molecule has 3 N–H and O–H groups in total. The number of anilines is 1. The van der Waals surface area contributed by atoms with Crippen LogP contribution in [0.15, 0.2) is 35.3 Å². The molecule has 0 fully saturated rings. The van der Waals surface area contributed by atoms with E-state index in [0.29, 0.717) is 17.3 Å². The van der Waals surface area contributed by atoms with Crippen LogP contribution in [0.3, 0.4) is 0 Å². The van der Waals surface area contributed by atoms with E-state index in [2.05, 4.69) is 38.5 Å².